The van der Waals surface area contributed by atoms with Crippen LogP contribution in [0, 0.1) is 13.8 Å². The number of methoxy groups -OCH3 is 1. The van der Waals surface area contributed by atoms with Gasteiger partial charge in [-0.3, -0.25) is 0 Å². The summed E-state index contributed by atoms with van der Waals surface area (Å²) in [4.78, 5) is 12.0. The van der Waals surface area contributed by atoms with Gasteiger partial charge in [0.2, 0.25) is 0 Å². The summed E-state index contributed by atoms with van der Waals surface area (Å²) in [6.07, 6.45) is 0. The molecule has 0 atom stereocenters. The molecule has 0 aliphatic carbocycles. The number of aryl methyl sites for hydroxylation is 2. The maximum atomic E-state index is 12.0. The Morgan fingerprint density at radius 3 is 2.45 bits per heavy atom. The second-order valence-electron chi connectivity index (χ2n) is 5.13. The molecule has 0 spiro atoms. The van der Waals surface area contributed by atoms with Crippen molar-refractivity contribution in [1.82, 2.24) is 5.32 Å². The molecule has 4 N–H and O–H groups in total. The molecular formula is C17H21N3O2. The number of rotatable bonds is 4. The van der Waals surface area contributed by atoms with Gasteiger partial charge in [0, 0.05) is 12.6 Å². The molecule has 0 aliphatic rings. The Kier molecular flexibility index (Phi) is 4.88. The molecule has 2 aromatic rings. The maximum absolute atomic E-state index is 12.0. The zero-order valence-electron chi connectivity index (χ0n) is 13.1. The first-order valence-electron chi connectivity index (χ1n) is 7.04. The van der Waals surface area contributed by atoms with Gasteiger partial charge in [-0.25, -0.2) is 4.79 Å². The highest BCUT2D eigenvalue weighted by Crippen LogP contribution is 2.23. The Hall–Kier alpha value is -2.69. The number of amides is 2. The summed E-state index contributed by atoms with van der Waals surface area (Å²) in [5.41, 5.74) is 10.3. The zero-order valence-corrected chi connectivity index (χ0v) is 13.1. The van der Waals surface area contributed by atoms with Crippen LogP contribution in [-0.4, -0.2) is 13.1 Å². The number of nitrogens with one attached hydrogen (secondary N) is 2. The first-order valence-corrected chi connectivity index (χ1v) is 7.04. The molecule has 2 amide bonds. The average Bonchev–Trinajstić information content (AvgIpc) is 2.48. The van der Waals surface area contributed by atoms with Crippen LogP contribution in [0.2, 0.25) is 0 Å². The number of hydrogen-bond donors (Lipinski definition) is 3. The number of urea groups is 1. The minimum atomic E-state index is -0.292. The fourth-order valence-electron chi connectivity index (χ4n) is 2.24. The summed E-state index contributed by atoms with van der Waals surface area (Å²) < 4.78 is 5.08. The number of ether oxygens (including phenoxy) is 1. The Morgan fingerprint density at radius 1 is 1.18 bits per heavy atom. The average molecular weight is 299 g/mol. The Balaban J connectivity index is 1.99. The Bertz CT molecular complexity index is 663. The lowest BCUT2D eigenvalue weighted by atomic mass is 10.0. The topological polar surface area (TPSA) is 76.4 Å². The summed E-state index contributed by atoms with van der Waals surface area (Å²) >= 11 is 0. The Morgan fingerprint density at radius 2 is 1.86 bits per heavy atom. The zero-order chi connectivity index (χ0) is 16.1. The molecule has 0 saturated carbocycles. The molecule has 22 heavy (non-hydrogen) atoms. The van der Waals surface area contributed by atoms with Crippen molar-refractivity contribution in [3.8, 4) is 5.75 Å². The van der Waals surface area contributed by atoms with E-state index in [0.717, 1.165) is 16.7 Å². The van der Waals surface area contributed by atoms with Gasteiger partial charge < -0.3 is 21.1 Å². The van der Waals surface area contributed by atoms with Crippen LogP contribution in [0.5, 0.6) is 5.75 Å². The van der Waals surface area contributed by atoms with Gasteiger partial charge in [-0.15, -0.1) is 0 Å². The van der Waals surface area contributed by atoms with Crippen molar-refractivity contribution >= 4 is 17.4 Å². The number of benzene rings is 2. The van der Waals surface area contributed by atoms with Crippen LogP contribution in [0.3, 0.4) is 0 Å². The second-order valence-corrected chi connectivity index (χ2v) is 5.13. The molecule has 0 heterocycles. The third kappa shape index (κ3) is 3.69. The first-order chi connectivity index (χ1) is 10.5. The molecular weight excluding hydrogens is 278 g/mol. The van der Waals surface area contributed by atoms with Crippen molar-refractivity contribution in [1.29, 1.82) is 0 Å². The predicted molar refractivity (Wildman–Crippen MR) is 89.2 cm³/mol. The minimum absolute atomic E-state index is 0.292. The molecule has 0 bridgehead atoms. The number of hydrogen-bond acceptors (Lipinski definition) is 3. The number of carbonyl (C=O) groups is 1. The molecule has 5 heteroatoms. The normalized spacial score (nSPS) is 10.1. The summed E-state index contributed by atoms with van der Waals surface area (Å²) in [5, 5.41) is 5.59. The standard InChI is InChI=1S/C17H21N3O2/c1-11-5-4-6-12(2)14(11)10-19-17(21)20-16-8-7-13(22-3)9-15(16)18/h4-9H,10,18H2,1-3H3,(H2,19,20,21). The third-order valence-corrected chi connectivity index (χ3v) is 3.58. The maximum Gasteiger partial charge on any atom is 0.319 e. The van der Waals surface area contributed by atoms with Gasteiger partial charge in [-0.1, -0.05) is 18.2 Å². The molecule has 2 rings (SSSR count). The van der Waals surface area contributed by atoms with Crippen molar-refractivity contribution in [2.45, 2.75) is 20.4 Å². The summed E-state index contributed by atoms with van der Waals surface area (Å²) in [5.74, 6) is 0.652. The highest BCUT2D eigenvalue weighted by atomic mass is 16.5. The lowest BCUT2D eigenvalue weighted by Crippen LogP contribution is -2.29. The van der Waals surface area contributed by atoms with Crippen molar-refractivity contribution < 1.29 is 9.53 Å². The molecule has 0 aliphatic heterocycles. The minimum Gasteiger partial charge on any atom is -0.497 e. The third-order valence-electron chi connectivity index (χ3n) is 3.58. The first kappa shape index (κ1) is 15.7. The monoisotopic (exact) mass is 299 g/mol. The van der Waals surface area contributed by atoms with Crippen LogP contribution >= 0.6 is 0 Å². The predicted octanol–water partition coefficient (Wildman–Crippen LogP) is 3.22. The molecule has 0 aromatic heterocycles. The van der Waals surface area contributed by atoms with Gasteiger partial charge in [0.1, 0.15) is 5.75 Å². The van der Waals surface area contributed by atoms with E-state index in [2.05, 4.69) is 10.6 Å². The van der Waals surface area contributed by atoms with Crippen LogP contribution in [0.1, 0.15) is 16.7 Å². The molecule has 116 valence electrons. The molecule has 0 fully saturated rings. The van der Waals surface area contributed by atoms with Crippen molar-refractivity contribution in [2.75, 3.05) is 18.2 Å². The lowest BCUT2D eigenvalue weighted by Gasteiger charge is -2.13. The number of anilines is 2. The van der Waals surface area contributed by atoms with Crippen LogP contribution in [0.25, 0.3) is 0 Å². The van der Waals surface area contributed by atoms with E-state index >= 15 is 0 Å². The largest absolute Gasteiger partial charge is 0.497 e. The van der Waals surface area contributed by atoms with Crippen molar-refractivity contribution in [3.63, 3.8) is 0 Å². The van der Waals surface area contributed by atoms with Gasteiger partial charge in [-0.05, 0) is 42.7 Å². The van der Waals surface area contributed by atoms with E-state index in [1.54, 1.807) is 25.3 Å². The molecule has 5 nitrogen and oxygen atoms in total. The quantitative estimate of drug-likeness (QED) is 0.759. The second kappa shape index (κ2) is 6.85. The SMILES string of the molecule is COc1ccc(NC(=O)NCc2c(C)cccc2C)c(N)c1. The van der Waals surface area contributed by atoms with Gasteiger partial charge in [0.15, 0.2) is 0 Å². The number of nitrogens with two attached hydrogens (primary N) is 1. The molecule has 0 saturated heterocycles. The smallest absolute Gasteiger partial charge is 0.319 e. The van der Waals surface area contributed by atoms with Gasteiger partial charge in [0.05, 0.1) is 18.5 Å². The highest BCUT2D eigenvalue weighted by molar-refractivity contribution is 5.92. The van der Waals surface area contributed by atoms with Crippen molar-refractivity contribution in [3.05, 3.63) is 53.1 Å². The van der Waals surface area contributed by atoms with E-state index in [0.29, 0.717) is 23.7 Å². The molecule has 2 aromatic carbocycles. The van der Waals surface area contributed by atoms with E-state index in [1.807, 2.05) is 32.0 Å². The number of nitrogen functional groups attached to an aromatic ring is 1. The number of carbonyl (C=O) groups excluding carboxylic acids is 1. The highest BCUT2D eigenvalue weighted by Gasteiger charge is 2.08. The fraction of sp³-hybridized carbons (Fsp3) is 0.235. The van der Waals surface area contributed by atoms with Crippen molar-refractivity contribution in [2.24, 2.45) is 0 Å². The van der Waals surface area contributed by atoms with Crippen LogP contribution in [0.4, 0.5) is 16.2 Å². The van der Waals surface area contributed by atoms with E-state index < -0.39 is 0 Å². The molecule has 0 radical (unpaired) electrons. The van der Waals surface area contributed by atoms with E-state index in [-0.39, 0.29) is 6.03 Å². The van der Waals surface area contributed by atoms with Crippen LogP contribution in [0.15, 0.2) is 36.4 Å². The van der Waals surface area contributed by atoms with Gasteiger partial charge in [-0.2, -0.15) is 0 Å². The van der Waals surface area contributed by atoms with Crippen LogP contribution in [-0.2, 0) is 6.54 Å². The fourth-order valence-corrected chi connectivity index (χ4v) is 2.24. The lowest BCUT2D eigenvalue weighted by molar-refractivity contribution is 0.251. The van der Waals surface area contributed by atoms with Gasteiger partial charge >= 0.3 is 6.03 Å². The Labute approximate surface area is 130 Å². The van der Waals surface area contributed by atoms with Crippen LogP contribution < -0.4 is 21.1 Å². The van der Waals surface area contributed by atoms with Gasteiger partial charge in [0.25, 0.3) is 0 Å². The summed E-state index contributed by atoms with van der Waals surface area (Å²) in [6.45, 7) is 4.53. The van der Waals surface area contributed by atoms with E-state index in [4.69, 9.17) is 10.5 Å². The van der Waals surface area contributed by atoms with E-state index in [9.17, 15) is 4.79 Å². The summed E-state index contributed by atoms with van der Waals surface area (Å²) in [7, 11) is 1.57. The molecule has 0 unspecified atom stereocenters. The van der Waals surface area contributed by atoms with E-state index in [1.165, 1.54) is 0 Å². The summed E-state index contributed by atoms with van der Waals surface area (Å²) in [6, 6.07) is 10.9.